The molecular weight excluding hydrogens is 364 g/mol. The van der Waals surface area contributed by atoms with Gasteiger partial charge in [-0.05, 0) is 44.3 Å². The highest BCUT2D eigenvalue weighted by atomic mass is 79.9. The van der Waals surface area contributed by atoms with E-state index in [1.54, 1.807) is 13.2 Å². The largest absolute Gasteiger partial charge is 0.495 e. The number of rotatable bonds is 5. The van der Waals surface area contributed by atoms with Crippen LogP contribution in [0, 0.1) is 0 Å². The summed E-state index contributed by atoms with van der Waals surface area (Å²) in [5, 5.41) is 2.79. The molecule has 1 amide bonds. The van der Waals surface area contributed by atoms with Crippen LogP contribution in [0.5, 0.6) is 5.75 Å². The summed E-state index contributed by atoms with van der Waals surface area (Å²) in [7, 11) is 1.57. The standard InChI is InChI=1S/C12H16Br2N2O2/c1-3-4-9(15)12(17)16-10-6-11(18-2)8(14)5-7(10)13/h5-6,9H,3-4,15H2,1-2H3,(H,16,17)/t9-/m1/s1. The number of hydrogen-bond donors (Lipinski definition) is 2. The molecule has 1 atom stereocenters. The molecule has 0 heterocycles. The first-order valence-electron chi connectivity index (χ1n) is 5.59. The lowest BCUT2D eigenvalue weighted by atomic mass is 10.1. The Balaban J connectivity index is 2.87. The van der Waals surface area contributed by atoms with Crippen LogP contribution in [-0.4, -0.2) is 19.1 Å². The first kappa shape index (κ1) is 15.5. The summed E-state index contributed by atoms with van der Waals surface area (Å²) in [6.45, 7) is 1.99. The third-order valence-electron chi connectivity index (χ3n) is 2.44. The zero-order valence-corrected chi connectivity index (χ0v) is 13.5. The van der Waals surface area contributed by atoms with Gasteiger partial charge in [0.25, 0.3) is 0 Å². The summed E-state index contributed by atoms with van der Waals surface area (Å²) in [5.74, 6) is 0.458. The number of anilines is 1. The highest BCUT2D eigenvalue weighted by Gasteiger charge is 2.15. The van der Waals surface area contributed by atoms with E-state index in [0.717, 1.165) is 15.4 Å². The summed E-state index contributed by atoms with van der Waals surface area (Å²) in [5.41, 5.74) is 6.40. The summed E-state index contributed by atoms with van der Waals surface area (Å²) >= 11 is 6.76. The summed E-state index contributed by atoms with van der Waals surface area (Å²) < 4.78 is 6.76. The lowest BCUT2D eigenvalue weighted by Crippen LogP contribution is -2.35. The van der Waals surface area contributed by atoms with Gasteiger partial charge in [-0.15, -0.1) is 0 Å². The number of nitrogens with two attached hydrogens (primary N) is 1. The van der Waals surface area contributed by atoms with Gasteiger partial charge >= 0.3 is 0 Å². The summed E-state index contributed by atoms with van der Waals surface area (Å²) in [6.07, 6.45) is 1.54. The Labute approximate surface area is 124 Å². The van der Waals surface area contributed by atoms with E-state index in [9.17, 15) is 4.79 Å². The quantitative estimate of drug-likeness (QED) is 0.824. The molecule has 6 heteroatoms. The molecule has 0 radical (unpaired) electrons. The molecule has 0 spiro atoms. The zero-order valence-electron chi connectivity index (χ0n) is 10.3. The Hall–Kier alpha value is -0.590. The molecule has 0 saturated heterocycles. The SMILES string of the molecule is CCC[C@@H](N)C(=O)Nc1cc(OC)c(Br)cc1Br. The number of carbonyl (C=O) groups is 1. The predicted octanol–water partition coefficient (Wildman–Crippen LogP) is 3.29. The third-order valence-corrected chi connectivity index (χ3v) is 3.71. The molecule has 0 aliphatic carbocycles. The van der Waals surface area contributed by atoms with Crippen molar-refractivity contribution in [2.45, 2.75) is 25.8 Å². The minimum atomic E-state index is -0.489. The molecule has 0 fully saturated rings. The van der Waals surface area contributed by atoms with Gasteiger partial charge in [0.1, 0.15) is 5.75 Å². The molecule has 1 rings (SSSR count). The number of carbonyl (C=O) groups excluding carboxylic acids is 1. The van der Waals surface area contributed by atoms with Crippen LogP contribution >= 0.6 is 31.9 Å². The van der Waals surface area contributed by atoms with Crippen molar-refractivity contribution >= 4 is 43.5 Å². The number of hydrogen-bond acceptors (Lipinski definition) is 3. The second-order valence-electron chi connectivity index (χ2n) is 3.85. The average Bonchev–Trinajstić information content (AvgIpc) is 2.32. The van der Waals surface area contributed by atoms with Gasteiger partial charge in [-0.3, -0.25) is 4.79 Å². The van der Waals surface area contributed by atoms with Crippen molar-refractivity contribution in [2.24, 2.45) is 5.73 Å². The van der Waals surface area contributed by atoms with Crippen LogP contribution in [0.3, 0.4) is 0 Å². The number of benzene rings is 1. The van der Waals surface area contributed by atoms with Gasteiger partial charge in [-0.1, -0.05) is 13.3 Å². The van der Waals surface area contributed by atoms with Crippen molar-refractivity contribution in [1.82, 2.24) is 0 Å². The fourth-order valence-electron chi connectivity index (χ4n) is 1.45. The monoisotopic (exact) mass is 378 g/mol. The third kappa shape index (κ3) is 3.96. The van der Waals surface area contributed by atoms with Crippen molar-refractivity contribution in [2.75, 3.05) is 12.4 Å². The summed E-state index contributed by atoms with van der Waals surface area (Å²) in [4.78, 5) is 11.8. The molecule has 3 N–H and O–H groups in total. The molecule has 0 saturated carbocycles. The lowest BCUT2D eigenvalue weighted by molar-refractivity contribution is -0.117. The van der Waals surface area contributed by atoms with E-state index in [0.29, 0.717) is 17.9 Å². The van der Waals surface area contributed by atoms with Crippen molar-refractivity contribution in [1.29, 1.82) is 0 Å². The Morgan fingerprint density at radius 1 is 1.44 bits per heavy atom. The number of nitrogens with one attached hydrogen (secondary N) is 1. The first-order valence-corrected chi connectivity index (χ1v) is 7.17. The van der Waals surface area contributed by atoms with Gasteiger partial charge in [0.15, 0.2) is 0 Å². The van der Waals surface area contributed by atoms with Crippen LogP contribution in [-0.2, 0) is 4.79 Å². The molecule has 1 aromatic rings. The second kappa shape index (κ2) is 7.11. The van der Waals surface area contributed by atoms with Crippen molar-refractivity contribution in [3.63, 3.8) is 0 Å². The molecule has 1 aromatic carbocycles. The minimum absolute atomic E-state index is 0.193. The molecule has 0 bridgehead atoms. The minimum Gasteiger partial charge on any atom is -0.495 e. The van der Waals surface area contributed by atoms with Gasteiger partial charge in [0, 0.05) is 10.5 Å². The van der Waals surface area contributed by atoms with E-state index in [1.165, 1.54) is 0 Å². The van der Waals surface area contributed by atoms with E-state index >= 15 is 0 Å². The predicted molar refractivity (Wildman–Crippen MR) is 79.9 cm³/mol. The topological polar surface area (TPSA) is 64.4 Å². The van der Waals surface area contributed by atoms with Crippen LogP contribution in [0.1, 0.15) is 19.8 Å². The maximum absolute atomic E-state index is 11.8. The van der Waals surface area contributed by atoms with Crippen LogP contribution in [0.2, 0.25) is 0 Å². The second-order valence-corrected chi connectivity index (χ2v) is 5.56. The van der Waals surface area contributed by atoms with Crippen LogP contribution < -0.4 is 15.8 Å². The molecule has 0 aromatic heterocycles. The van der Waals surface area contributed by atoms with Crippen molar-refractivity contribution in [3.05, 3.63) is 21.1 Å². The first-order chi connectivity index (χ1) is 8.49. The molecule has 18 heavy (non-hydrogen) atoms. The maximum Gasteiger partial charge on any atom is 0.241 e. The highest BCUT2D eigenvalue weighted by Crippen LogP contribution is 2.34. The van der Waals surface area contributed by atoms with E-state index in [1.807, 2.05) is 13.0 Å². The molecule has 0 aliphatic rings. The Bertz CT molecular complexity index is 438. The number of ether oxygens (including phenoxy) is 1. The molecule has 100 valence electrons. The fraction of sp³-hybridized carbons (Fsp3) is 0.417. The Morgan fingerprint density at radius 3 is 2.67 bits per heavy atom. The van der Waals surface area contributed by atoms with Gasteiger partial charge in [0.2, 0.25) is 5.91 Å². The van der Waals surface area contributed by atoms with Gasteiger partial charge < -0.3 is 15.8 Å². The smallest absolute Gasteiger partial charge is 0.241 e. The summed E-state index contributed by atoms with van der Waals surface area (Å²) in [6, 6.07) is 3.07. The van der Waals surface area contributed by atoms with E-state index < -0.39 is 6.04 Å². The molecule has 4 nitrogen and oxygen atoms in total. The molecular formula is C12H16Br2N2O2. The maximum atomic E-state index is 11.8. The van der Waals surface area contributed by atoms with Crippen LogP contribution in [0.4, 0.5) is 5.69 Å². The van der Waals surface area contributed by atoms with E-state index in [-0.39, 0.29) is 5.91 Å². The van der Waals surface area contributed by atoms with Gasteiger partial charge in [0.05, 0.1) is 23.3 Å². The van der Waals surface area contributed by atoms with Crippen molar-refractivity contribution < 1.29 is 9.53 Å². The van der Waals surface area contributed by atoms with Crippen LogP contribution in [0.25, 0.3) is 0 Å². The molecule has 0 unspecified atom stereocenters. The van der Waals surface area contributed by atoms with E-state index in [2.05, 4.69) is 37.2 Å². The van der Waals surface area contributed by atoms with Crippen LogP contribution in [0.15, 0.2) is 21.1 Å². The zero-order chi connectivity index (χ0) is 13.7. The fourth-order valence-corrected chi connectivity index (χ4v) is 2.70. The van der Waals surface area contributed by atoms with Gasteiger partial charge in [-0.25, -0.2) is 0 Å². The Kier molecular flexibility index (Phi) is 6.11. The lowest BCUT2D eigenvalue weighted by Gasteiger charge is -2.14. The average molecular weight is 380 g/mol. The van der Waals surface area contributed by atoms with E-state index in [4.69, 9.17) is 10.5 Å². The van der Waals surface area contributed by atoms with Crippen molar-refractivity contribution in [3.8, 4) is 5.75 Å². The number of halogens is 2. The normalized spacial score (nSPS) is 12.1. The number of methoxy groups -OCH3 is 1. The van der Waals surface area contributed by atoms with Gasteiger partial charge in [-0.2, -0.15) is 0 Å². The Morgan fingerprint density at radius 2 is 2.11 bits per heavy atom. The highest BCUT2D eigenvalue weighted by molar-refractivity contribution is 9.11. The molecule has 0 aliphatic heterocycles. The number of amides is 1.